The molecule has 3 N–H and O–H groups in total. The van der Waals surface area contributed by atoms with Gasteiger partial charge in [-0.1, -0.05) is 18.2 Å². The van der Waals surface area contributed by atoms with Crippen molar-refractivity contribution in [2.75, 3.05) is 18.0 Å². The number of aryl methyl sites for hydroxylation is 1. The van der Waals surface area contributed by atoms with Gasteiger partial charge in [0.2, 0.25) is 5.91 Å². The van der Waals surface area contributed by atoms with Crippen molar-refractivity contribution in [3.63, 3.8) is 0 Å². The van der Waals surface area contributed by atoms with E-state index < -0.39 is 0 Å². The number of hydrogen-bond donors (Lipinski definition) is 2. The Morgan fingerprint density at radius 1 is 1.47 bits per heavy atom. The van der Waals surface area contributed by atoms with Gasteiger partial charge in [0.1, 0.15) is 0 Å². The lowest BCUT2D eigenvalue weighted by molar-refractivity contribution is -0.117. The average Bonchev–Trinajstić information content (AvgIpc) is 2.73. The van der Waals surface area contributed by atoms with Gasteiger partial charge in [-0.3, -0.25) is 4.79 Å². The minimum absolute atomic E-state index is 0.237. The fraction of sp³-hybridized carbons (Fsp3) is 0.462. The topological polar surface area (TPSA) is 66.6 Å². The molecule has 1 aliphatic heterocycles. The number of para-hydroxylation sites is 1. The van der Waals surface area contributed by atoms with Crippen LogP contribution in [0.5, 0.6) is 0 Å². The molecule has 1 fully saturated rings. The van der Waals surface area contributed by atoms with Crippen LogP contribution >= 0.6 is 0 Å². The molecule has 4 heteroatoms. The minimum atomic E-state index is -0.277. The molecule has 0 bridgehead atoms. The standard InChI is InChI=1S/C13H18N2O2/c14-13(17)6-5-10-3-1-2-4-12(10)15-8-7-11(16)9-15/h1-4,11,16H,5-9H2,(H2,14,17)/t11-/m0/s1. The second-order valence-corrected chi connectivity index (χ2v) is 4.48. The fourth-order valence-electron chi connectivity index (χ4n) is 2.25. The number of rotatable bonds is 4. The zero-order chi connectivity index (χ0) is 12.3. The van der Waals surface area contributed by atoms with Crippen molar-refractivity contribution in [3.05, 3.63) is 29.8 Å². The molecule has 17 heavy (non-hydrogen) atoms. The summed E-state index contributed by atoms with van der Waals surface area (Å²) in [6.45, 7) is 1.54. The van der Waals surface area contributed by atoms with E-state index in [4.69, 9.17) is 5.73 Å². The van der Waals surface area contributed by atoms with Crippen molar-refractivity contribution >= 4 is 11.6 Å². The lowest BCUT2D eigenvalue weighted by atomic mass is 10.1. The van der Waals surface area contributed by atoms with Gasteiger partial charge >= 0.3 is 0 Å². The van der Waals surface area contributed by atoms with E-state index in [0.29, 0.717) is 19.4 Å². The number of nitrogens with zero attached hydrogens (tertiary/aromatic N) is 1. The van der Waals surface area contributed by atoms with Crippen molar-refractivity contribution in [1.29, 1.82) is 0 Å². The van der Waals surface area contributed by atoms with Crippen LogP contribution in [0.2, 0.25) is 0 Å². The van der Waals surface area contributed by atoms with Gasteiger partial charge in [-0.15, -0.1) is 0 Å². The van der Waals surface area contributed by atoms with Crippen LogP contribution in [0.15, 0.2) is 24.3 Å². The van der Waals surface area contributed by atoms with E-state index in [1.165, 1.54) is 0 Å². The highest BCUT2D eigenvalue weighted by molar-refractivity contribution is 5.74. The number of hydrogen-bond acceptors (Lipinski definition) is 3. The summed E-state index contributed by atoms with van der Waals surface area (Å²) in [4.78, 5) is 13.0. The summed E-state index contributed by atoms with van der Waals surface area (Å²) in [6.07, 6.45) is 1.61. The van der Waals surface area contributed by atoms with Gasteiger partial charge in [-0.05, 0) is 24.5 Å². The zero-order valence-corrected chi connectivity index (χ0v) is 9.80. The first-order valence-electron chi connectivity index (χ1n) is 5.96. The second-order valence-electron chi connectivity index (χ2n) is 4.48. The van der Waals surface area contributed by atoms with E-state index in [1.807, 2.05) is 24.3 Å². The van der Waals surface area contributed by atoms with Crippen molar-refractivity contribution < 1.29 is 9.90 Å². The third-order valence-electron chi connectivity index (χ3n) is 3.14. The van der Waals surface area contributed by atoms with Gasteiger partial charge in [0, 0.05) is 25.2 Å². The maximum Gasteiger partial charge on any atom is 0.217 e. The summed E-state index contributed by atoms with van der Waals surface area (Å²) in [5, 5.41) is 9.55. The molecule has 4 nitrogen and oxygen atoms in total. The van der Waals surface area contributed by atoms with E-state index in [0.717, 1.165) is 24.2 Å². The second kappa shape index (κ2) is 5.19. The van der Waals surface area contributed by atoms with Gasteiger partial charge in [-0.2, -0.15) is 0 Å². The quantitative estimate of drug-likeness (QED) is 0.805. The molecule has 92 valence electrons. The Bertz CT molecular complexity index is 406. The van der Waals surface area contributed by atoms with E-state index in [9.17, 15) is 9.90 Å². The summed E-state index contributed by atoms with van der Waals surface area (Å²) < 4.78 is 0. The number of primary amides is 1. The molecule has 1 aromatic carbocycles. The van der Waals surface area contributed by atoms with Gasteiger partial charge in [0.15, 0.2) is 0 Å². The van der Waals surface area contributed by atoms with E-state index in [2.05, 4.69) is 4.90 Å². The van der Waals surface area contributed by atoms with Gasteiger partial charge < -0.3 is 15.7 Å². The third kappa shape index (κ3) is 2.97. The monoisotopic (exact) mass is 234 g/mol. The highest BCUT2D eigenvalue weighted by Crippen LogP contribution is 2.25. The Morgan fingerprint density at radius 3 is 2.88 bits per heavy atom. The predicted octanol–water partition coefficient (Wildman–Crippen LogP) is 0.675. The molecule has 1 amide bonds. The molecular weight excluding hydrogens is 216 g/mol. The molecule has 0 aliphatic carbocycles. The normalized spacial score (nSPS) is 19.6. The smallest absolute Gasteiger partial charge is 0.217 e. The largest absolute Gasteiger partial charge is 0.391 e. The number of benzene rings is 1. The molecule has 0 radical (unpaired) electrons. The Balaban J connectivity index is 2.12. The number of aliphatic hydroxyl groups excluding tert-OH is 1. The summed E-state index contributed by atoms with van der Waals surface area (Å²) >= 11 is 0. The number of aliphatic hydroxyl groups is 1. The van der Waals surface area contributed by atoms with Crippen LogP contribution in [-0.2, 0) is 11.2 Å². The molecule has 0 aromatic heterocycles. The molecule has 0 saturated carbocycles. The molecule has 1 aliphatic rings. The van der Waals surface area contributed by atoms with Gasteiger partial charge in [-0.25, -0.2) is 0 Å². The van der Waals surface area contributed by atoms with E-state index in [-0.39, 0.29) is 12.0 Å². The number of β-amino-alcohol motifs (C(OH)–C–C–N with tert-alkyl or cyclic N) is 1. The average molecular weight is 234 g/mol. The first-order chi connectivity index (χ1) is 8.16. The van der Waals surface area contributed by atoms with Crippen molar-refractivity contribution in [3.8, 4) is 0 Å². The highest BCUT2D eigenvalue weighted by Gasteiger charge is 2.21. The van der Waals surface area contributed by atoms with Crippen LogP contribution in [0.1, 0.15) is 18.4 Å². The molecule has 2 rings (SSSR count). The maximum atomic E-state index is 10.8. The Kier molecular flexibility index (Phi) is 3.64. The molecule has 0 unspecified atom stereocenters. The summed E-state index contributed by atoms with van der Waals surface area (Å²) in [5.74, 6) is -0.277. The molecule has 0 spiro atoms. The number of carbonyl (C=O) groups is 1. The zero-order valence-electron chi connectivity index (χ0n) is 9.80. The molecule has 1 aromatic rings. The predicted molar refractivity (Wildman–Crippen MR) is 66.8 cm³/mol. The Labute approximate surface area is 101 Å². The first kappa shape index (κ1) is 11.9. The number of nitrogens with two attached hydrogens (primary N) is 1. The van der Waals surface area contributed by atoms with Crippen LogP contribution in [0.25, 0.3) is 0 Å². The first-order valence-corrected chi connectivity index (χ1v) is 5.96. The van der Waals surface area contributed by atoms with Gasteiger partial charge in [0.05, 0.1) is 6.10 Å². The Hall–Kier alpha value is -1.55. The molecule has 1 atom stereocenters. The highest BCUT2D eigenvalue weighted by atomic mass is 16.3. The lowest BCUT2D eigenvalue weighted by Crippen LogP contribution is -2.22. The van der Waals surface area contributed by atoms with Crippen molar-refractivity contribution in [2.45, 2.75) is 25.4 Å². The van der Waals surface area contributed by atoms with Crippen LogP contribution in [-0.4, -0.2) is 30.2 Å². The van der Waals surface area contributed by atoms with Crippen LogP contribution in [0.4, 0.5) is 5.69 Å². The number of anilines is 1. The Morgan fingerprint density at radius 2 is 2.24 bits per heavy atom. The summed E-state index contributed by atoms with van der Waals surface area (Å²) in [7, 11) is 0. The van der Waals surface area contributed by atoms with E-state index >= 15 is 0 Å². The maximum absolute atomic E-state index is 10.8. The molecule has 1 heterocycles. The van der Waals surface area contributed by atoms with Gasteiger partial charge in [0.25, 0.3) is 0 Å². The minimum Gasteiger partial charge on any atom is -0.391 e. The molecule has 1 saturated heterocycles. The number of amides is 1. The van der Waals surface area contributed by atoms with Crippen molar-refractivity contribution in [1.82, 2.24) is 0 Å². The summed E-state index contributed by atoms with van der Waals surface area (Å²) in [5.41, 5.74) is 7.41. The van der Waals surface area contributed by atoms with E-state index in [1.54, 1.807) is 0 Å². The fourth-order valence-corrected chi connectivity index (χ4v) is 2.25. The van der Waals surface area contributed by atoms with Crippen LogP contribution in [0.3, 0.4) is 0 Å². The van der Waals surface area contributed by atoms with Crippen LogP contribution in [0, 0.1) is 0 Å². The summed E-state index contributed by atoms with van der Waals surface area (Å²) in [6, 6.07) is 8.00. The SMILES string of the molecule is NC(=O)CCc1ccccc1N1CC[C@H](O)C1. The van der Waals surface area contributed by atoms with Crippen LogP contribution < -0.4 is 10.6 Å². The lowest BCUT2D eigenvalue weighted by Gasteiger charge is -2.21. The third-order valence-corrected chi connectivity index (χ3v) is 3.14. The number of carbonyl (C=O) groups excluding carboxylic acids is 1. The molecular formula is C13H18N2O2. The van der Waals surface area contributed by atoms with Crippen molar-refractivity contribution in [2.24, 2.45) is 5.73 Å².